The summed E-state index contributed by atoms with van der Waals surface area (Å²) in [5.41, 5.74) is 5.85. The molecule has 0 bridgehead atoms. The van der Waals surface area contributed by atoms with Crippen LogP contribution in [-0.4, -0.2) is 11.1 Å². The molecule has 1 heterocycles. The fraction of sp³-hybridized carbons (Fsp3) is 0.200. The first kappa shape index (κ1) is 16.0. The highest BCUT2D eigenvalue weighted by atomic mass is 16.5. The molecule has 0 radical (unpaired) electrons. The molecule has 0 aliphatic carbocycles. The molecule has 3 aromatic rings. The number of rotatable bonds is 5. The maximum absolute atomic E-state index is 11.9. The van der Waals surface area contributed by atoms with E-state index in [2.05, 4.69) is 29.5 Å². The van der Waals surface area contributed by atoms with E-state index < -0.39 is 0 Å². The van der Waals surface area contributed by atoms with Crippen molar-refractivity contribution in [1.82, 2.24) is 5.16 Å². The predicted molar refractivity (Wildman–Crippen MR) is 95.6 cm³/mol. The molecule has 0 unspecified atom stereocenters. The van der Waals surface area contributed by atoms with Gasteiger partial charge in [-0.25, -0.2) is 0 Å². The van der Waals surface area contributed by atoms with E-state index in [0.29, 0.717) is 6.42 Å². The molecule has 0 saturated carbocycles. The summed E-state index contributed by atoms with van der Waals surface area (Å²) < 4.78 is 5.01. The van der Waals surface area contributed by atoms with Crippen molar-refractivity contribution in [3.05, 3.63) is 60.4 Å². The van der Waals surface area contributed by atoms with E-state index >= 15 is 0 Å². The number of anilines is 1. The molecule has 0 aliphatic rings. The van der Waals surface area contributed by atoms with Crippen molar-refractivity contribution < 1.29 is 9.32 Å². The Morgan fingerprint density at radius 3 is 2.62 bits per heavy atom. The summed E-state index contributed by atoms with van der Waals surface area (Å²) in [4.78, 5) is 11.9. The van der Waals surface area contributed by atoms with Crippen molar-refractivity contribution >= 4 is 11.6 Å². The Bertz CT molecular complexity index is 839. The number of nitrogens with one attached hydrogen (secondary N) is 1. The van der Waals surface area contributed by atoms with Crippen LogP contribution < -0.4 is 5.32 Å². The number of aryl methyl sites for hydroxylation is 1. The van der Waals surface area contributed by atoms with E-state index in [9.17, 15) is 4.79 Å². The first-order valence-corrected chi connectivity index (χ1v) is 8.09. The standard InChI is InChI=1S/C20H20N2O2/c1-3-6-20(23)21-15-9-10-17(16-8-5-4-7-14(16)2)18(13-15)19-11-12-24-22-19/h4-5,7-13H,3,6H2,1-2H3,(H,21,23). The van der Waals surface area contributed by atoms with E-state index in [4.69, 9.17) is 4.52 Å². The summed E-state index contributed by atoms with van der Waals surface area (Å²) in [6, 6.07) is 15.9. The number of amides is 1. The second-order valence-electron chi connectivity index (χ2n) is 5.76. The fourth-order valence-electron chi connectivity index (χ4n) is 2.75. The van der Waals surface area contributed by atoms with Gasteiger partial charge < -0.3 is 9.84 Å². The van der Waals surface area contributed by atoms with Gasteiger partial charge in [-0.3, -0.25) is 4.79 Å². The summed E-state index contributed by atoms with van der Waals surface area (Å²) in [7, 11) is 0. The van der Waals surface area contributed by atoms with E-state index in [1.807, 2.05) is 43.3 Å². The van der Waals surface area contributed by atoms with Crippen LogP contribution in [0.3, 0.4) is 0 Å². The molecule has 2 aromatic carbocycles. The third kappa shape index (κ3) is 3.38. The van der Waals surface area contributed by atoms with Gasteiger partial charge in [0.05, 0.1) is 0 Å². The zero-order valence-electron chi connectivity index (χ0n) is 13.9. The molecule has 0 fully saturated rings. The van der Waals surface area contributed by atoms with Gasteiger partial charge in [0.15, 0.2) is 0 Å². The number of hydrogen-bond acceptors (Lipinski definition) is 3. The van der Waals surface area contributed by atoms with Crippen molar-refractivity contribution in [3.8, 4) is 22.4 Å². The zero-order chi connectivity index (χ0) is 16.9. The average molecular weight is 320 g/mol. The topological polar surface area (TPSA) is 55.1 Å². The molecular formula is C20H20N2O2. The molecule has 0 atom stereocenters. The lowest BCUT2D eigenvalue weighted by Crippen LogP contribution is -2.10. The van der Waals surface area contributed by atoms with Crippen molar-refractivity contribution in [2.24, 2.45) is 0 Å². The Balaban J connectivity index is 2.06. The molecule has 0 saturated heterocycles. The molecule has 4 nitrogen and oxygen atoms in total. The molecule has 1 N–H and O–H groups in total. The van der Waals surface area contributed by atoms with Gasteiger partial charge in [-0.05, 0) is 42.2 Å². The Morgan fingerprint density at radius 2 is 1.92 bits per heavy atom. The quantitative estimate of drug-likeness (QED) is 0.715. The van der Waals surface area contributed by atoms with Gasteiger partial charge in [-0.1, -0.05) is 42.4 Å². The van der Waals surface area contributed by atoms with Crippen molar-refractivity contribution in [1.29, 1.82) is 0 Å². The van der Waals surface area contributed by atoms with Crippen molar-refractivity contribution in [2.75, 3.05) is 5.32 Å². The van der Waals surface area contributed by atoms with Gasteiger partial charge in [-0.15, -0.1) is 0 Å². The lowest BCUT2D eigenvalue weighted by Gasteiger charge is -2.13. The van der Waals surface area contributed by atoms with Crippen LogP contribution in [-0.2, 0) is 4.79 Å². The monoisotopic (exact) mass is 320 g/mol. The van der Waals surface area contributed by atoms with Crippen molar-refractivity contribution in [3.63, 3.8) is 0 Å². The van der Waals surface area contributed by atoms with Crippen LogP contribution in [0.15, 0.2) is 59.3 Å². The molecule has 1 amide bonds. The fourth-order valence-corrected chi connectivity index (χ4v) is 2.75. The van der Waals surface area contributed by atoms with Gasteiger partial charge in [-0.2, -0.15) is 0 Å². The summed E-state index contributed by atoms with van der Waals surface area (Å²) >= 11 is 0. The SMILES string of the molecule is CCCC(=O)Nc1ccc(-c2ccccc2C)c(-c2ccon2)c1. The smallest absolute Gasteiger partial charge is 0.224 e. The minimum absolute atomic E-state index is 0.0206. The summed E-state index contributed by atoms with van der Waals surface area (Å²) in [5.74, 6) is 0.0206. The number of aromatic nitrogens is 1. The molecule has 122 valence electrons. The number of benzene rings is 2. The second-order valence-corrected chi connectivity index (χ2v) is 5.76. The Kier molecular flexibility index (Phi) is 4.75. The Hall–Kier alpha value is -2.88. The largest absolute Gasteiger partial charge is 0.364 e. The van der Waals surface area contributed by atoms with Gasteiger partial charge in [0, 0.05) is 23.7 Å². The summed E-state index contributed by atoms with van der Waals surface area (Å²) in [6.07, 6.45) is 2.89. The number of carbonyl (C=O) groups is 1. The highest BCUT2D eigenvalue weighted by Gasteiger charge is 2.13. The van der Waals surface area contributed by atoms with Crippen LogP contribution in [0.2, 0.25) is 0 Å². The van der Waals surface area contributed by atoms with Crippen LogP contribution in [0.4, 0.5) is 5.69 Å². The normalized spacial score (nSPS) is 10.6. The third-order valence-electron chi connectivity index (χ3n) is 3.93. The van der Waals surface area contributed by atoms with Gasteiger partial charge in [0.2, 0.25) is 5.91 Å². The van der Waals surface area contributed by atoms with Gasteiger partial charge in [0.1, 0.15) is 12.0 Å². The molecule has 0 aliphatic heterocycles. The van der Waals surface area contributed by atoms with E-state index in [-0.39, 0.29) is 5.91 Å². The molecule has 3 rings (SSSR count). The minimum Gasteiger partial charge on any atom is -0.364 e. The zero-order valence-corrected chi connectivity index (χ0v) is 13.9. The van der Waals surface area contributed by atoms with Crippen LogP contribution in [0.1, 0.15) is 25.3 Å². The van der Waals surface area contributed by atoms with Crippen LogP contribution in [0, 0.1) is 6.92 Å². The minimum atomic E-state index is 0.0206. The van der Waals surface area contributed by atoms with Crippen LogP contribution in [0.25, 0.3) is 22.4 Å². The van der Waals surface area contributed by atoms with Gasteiger partial charge in [0.25, 0.3) is 0 Å². The maximum atomic E-state index is 11.9. The molecule has 4 heteroatoms. The molecular weight excluding hydrogens is 300 g/mol. The van der Waals surface area contributed by atoms with Gasteiger partial charge >= 0.3 is 0 Å². The van der Waals surface area contributed by atoms with Crippen LogP contribution >= 0.6 is 0 Å². The number of carbonyl (C=O) groups excluding carboxylic acids is 1. The highest BCUT2D eigenvalue weighted by molar-refractivity contribution is 5.93. The highest BCUT2D eigenvalue weighted by Crippen LogP contribution is 2.35. The summed E-state index contributed by atoms with van der Waals surface area (Å²) in [5, 5.41) is 7.01. The lowest BCUT2D eigenvalue weighted by molar-refractivity contribution is -0.116. The molecule has 24 heavy (non-hydrogen) atoms. The summed E-state index contributed by atoms with van der Waals surface area (Å²) in [6.45, 7) is 4.07. The Morgan fingerprint density at radius 1 is 1.08 bits per heavy atom. The third-order valence-corrected chi connectivity index (χ3v) is 3.93. The average Bonchev–Trinajstić information content (AvgIpc) is 3.10. The van der Waals surface area contributed by atoms with E-state index in [1.165, 1.54) is 5.56 Å². The van der Waals surface area contributed by atoms with E-state index in [1.54, 1.807) is 6.26 Å². The van der Waals surface area contributed by atoms with Crippen molar-refractivity contribution in [2.45, 2.75) is 26.7 Å². The van der Waals surface area contributed by atoms with Crippen LogP contribution in [0.5, 0.6) is 0 Å². The maximum Gasteiger partial charge on any atom is 0.224 e. The molecule has 0 spiro atoms. The first-order valence-electron chi connectivity index (χ1n) is 8.09. The Labute approximate surface area is 141 Å². The first-order chi connectivity index (χ1) is 11.7. The number of hydrogen-bond donors (Lipinski definition) is 1. The van der Waals surface area contributed by atoms with E-state index in [0.717, 1.165) is 34.5 Å². The lowest BCUT2D eigenvalue weighted by atomic mass is 9.94. The number of nitrogens with zero attached hydrogens (tertiary/aromatic N) is 1. The predicted octanol–water partition coefficient (Wildman–Crippen LogP) is 5.06. The molecule has 1 aromatic heterocycles. The second kappa shape index (κ2) is 7.13.